The first-order valence-corrected chi connectivity index (χ1v) is 3.69. The number of nitrogens with zero attached hydrogens (tertiary/aromatic N) is 1. The second kappa shape index (κ2) is 3.33. The highest BCUT2D eigenvalue weighted by Gasteiger charge is 2.27. The molecule has 0 radical (unpaired) electrons. The smallest absolute Gasteiger partial charge is 0.349 e. The minimum atomic E-state index is -4.55. The number of rotatable bonds is 1. The van der Waals surface area contributed by atoms with Crippen molar-refractivity contribution in [1.29, 1.82) is 0 Å². The lowest BCUT2D eigenvalue weighted by Crippen LogP contribution is -2.18. The van der Waals surface area contributed by atoms with Crippen LogP contribution in [0.5, 0.6) is 0 Å². The van der Waals surface area contributed by atoms with E-state index in [0.717, 1.165) is 17.7 Å². The fourth-order valence-electron chi connectivity index (χ4n) is 1.16. The molecule has 12 heavy (non-hydrogen) atoms. The summed E-state index contributed by atoms with van der Waals surface area (Å²) in [6, 6.07) is 0. The van der Waals surface area contributed by atoms with Crippen molar-refractivity contribution in [2.45, 2.75) is 19.0 Å². The van der Waals surface area contributed by atoms with Crippen molar-refractivity contribution >= 4 is 0 Å². The molecule has 0 unspecified atom stereocenters. The van der Waals surface area contributed by atoms with Crippen LogP contribution in [0.25, 0.3) is 0 Å². The zero-order valence-electron chi connectivity index (χ0n) is 6.36. The quantitative estimate of drug-likeness (QED) is 0.446. The summed E-state index contributed by atoms with van der Waals surface area (Å²) in [5.41, 5.74) is 0. The average molecular weight is 183 g/mol. The Balaban J connectivity index is 2.56. The standard InChI is InChI=1S/C7H9F4N/c8-6(5-7(9,10)11)12-3-1-2-4-12/h5H,1-4H2. The molecule has 0 amide bonds. The van der Waals surface area contributed by atoms with Crippen LogP contribution < -0.4 is 0 Å². The van der Waals surface area contributed by atoms with Gasteiger partial charge in [0.25, 0.3) is 0 Å². The highest BCUT2D eigenvalue weighted by atomic mass is 19.4. The lowest BCUT2D eigenvalue weighted by molar-refractivity contribution is -0.0828. The van der Waals surface area contributed by atoms with E-state index in [9.17, 15) is 17.6 Å². The van der Waals surface area contributed by atoms with Crippen molar-refractivity contribution in [3.05, 3.63) is 12.0 Å². The number of alkyl halides is 3. The van der Waals surface area contributed by atoms with Gasteiger partial charge in [-0.15, -0.1) is 0 Å². The van der Waals surface area contributed by atoms with Gasteiger partial charge in [0.15, 0.2) is 5.95 Å². The van der Waals surface area contributed by atoms with Gasteiger partial charge in [-0.3, -0.25) is 0 Å². The van der Waals surface area contributed by atoms with Gasteiger partial charge < -0.3 is 4.90 Å². The summed E-state index contributed by atoms with van der Waals surface area (Å²) < 4.78 is 47.5. The summed E-state index contributed by atoms with van der Waals surface area (Å²) in [5, 5.41) is 0. The number of halogens is 4. The molecule has 5 heteroatoms. The van der Waals surface area contributed by atoms with Crippen LogP contribution in [0.15, 0.2) is 12.0 Å². The van der Waals surface area contributed by atoms with E-state index in [1.807, 2.05) is 0 Å². The SMILES string of the molecule is FC(=CC(F)(F)F)N1CCCC1. The Morgan fingerprint density at radius 3 is 2.08 bits per heavy atom. The Kier molecular flexibility index (Phi) is 2.59. The van der Waals surface area contributed by atoms with E-state index in [1.165, 1.54) is 0 Å². The van der Waals surface area contributed by atoms with Crippen molar-refractivity contribution in [1.82, 2.24) is 4.90 Å². The van der Waals surface area contributed by atoms with Crippen LogP contribution in [0.4, 0.5) is 17.6 Å². The highest BCUT2D eigenvalue weighted by molar-refractivity contribution is 4.97. The van der Waals surface area contributed by atoms with Gasteiger partial charge in [-0.05, 0) is 12.8 Å². The minimum Gasteiger partial charge on any atom is -0.349 e. The zero-order valence-corrected chi connectivity index (χ0v) is 6.36. The van der Waals surface area contributed by atoms with Gasteiger partial charge in [0.05, 0.1) is 6.08 Å². The summed E-state index contributed by atoms with van der Waals surface area (Å²) in [6.45, 7) is 0.775. The molecule has 0 aromatic carbocycles. The minimum absolute atomic E-state index is 0.293. The van der Waals surface area contributed by atoms with Crippen LogP contribution in [0.1, 0.15) is 12.8 Å². The fourth-order valence-corrected chi connectivity index (χ4v) is 1.16. The molecule has 70 valence electrons. The Hall–Kier alpha value is -0.740. The van der Waals surface area contributed by atoms with Gasteiger partial charge in [0, 0.05) is 13.1 Å². The molecule has 0 bridgehead atoms. The van der Waals surface area contributed by atoms with E-state index >= 15 is 0 Å². The predicted octanol–water partition coefficient (Wildman–Crippen LogP) is 2.46. The summed E-state index contributed by atoms with van der Waals surface area (Å²) in [6.07, 6.45) is -3.32. The first-order chi connectivity index (χ1) is 5.49. The van der Waals surface area contributed by atoms with Crippen LogP contribution in [0.3, 0.4) is 0 Å². The molecule has 1 fully saturated rings. The van der Waals surface area contributed by atoms with Crippen LogP contribution in [0.2, 0.25) is 0 Å². The molecule has 0 N–H and O–H groups in total. The Bertz CT molecular complexity index is 178. The first-order valence-electron chi connectivity index (χ1n) is 3.69. The van der Waals surface area contributed by atoms with E-state index in [1.54, 1.807) is 0 Å². The maximum atomic E-state index is 12.7. The fraction of sp³-hybridized carbons (Fsp3) is 0.714. The third-order valence-corrected chi connectivity index (χ3v) is 1.69. The van der Waals surface area contributed by atoms with Gasteiger partial charge in [-0.25, -0.2) is 0 Å². The molecule has 0 aromatic heterocycles. The van der Waals surface area contributed by atoms with Crippen molar-refractivity contribution in [2.75, 3.05) is 13.1 Å². The predicted molar refractivity (Wildman–Crippen MR) is 36.1 cm³/mol. The van der Waals surface area contributed by atoms with Crippen molar-refractivity contribution in [3.63, 3.8) is 0 Å². The maximum absolute atomic E-state index is 12.7. The highest BCUT2D eigenvalue weighted by Crippen LogP contribution is 2.23. The summed E-state index contributed by atoms with van der Waals surface area (Å²) in [4.78, 5) is 1.10. The molecule has 1 heterocycles. The molecule has 1 aliphatic heterocycles. The van der Waals surface area contributed by atoms with Crippen LogP contribution in [-0.2, 0) is 0 Å². The molecule has 0 atom stereocenters. The molecule has 1 nitrogen and oxygen atoms in total. The summed E-state index contributed by atoms with van der Waals surface area (Å²) >= 11 is 0. The van der Waals surface area contributed by atoms with Crippen LogP contribution in [0, 0.1) is 0 Å². The molecule has 1 aliphatic rings. The average Bonchev–Trinajstić information content (AvgIpc) is 2.32. The zero-order chi connectivity index (χ0) is 9.19. The number of hydrogen-bond acceptors (Lipinski definition) is 1. The second-order valence-electron chi connectivity index (χ2n) is 2.70. The van der Waals surface area contributed by atoms with Crippen LogP contribution in [-0.4, -0.2) is 24.2 Å². The van der Waals surface area contributed by atoms with Gasteiger partial charge in [0.2, 0.25) is 0 Å². The number of hydrogen-bond donors (Lipinski definition) is 0. The molecule has 1 saturated heterocycles. The molecule has 1 rings (SSSR count). The van der Waals surface area contributed by atoms with Gasteiger partial charge in [0.1, 0.15) is 0 Å². The van der Waals surface area contributed by atoms with Crippen molar-refractivity contribution in [3.8, 4) is 0 Å². The van der Waals surface area contributed by atoms with E-state index in [0.29, 0.717) is 13.1 Å². The van der Waals surface area contributed by atoms with E-state index in [4.69, 9.17) is 0 Å². The molecule has 0 saturated carbocycles. The van der Waals surface area contributed by atoms with Crippen LogP contribution >= 0.6 is 0 Å². The summed E-state index contributed by atoms with van der Waals surface area (Å²) in [5.74, 6) is -1.17. The largest absolute Gasteiger partial charge is 0.414 e. The Morgan fingerprint density at radius 2 is 1.67 bits per heavy atom. The third-order valence-electron chi connectivity index (χ3n) is 1.69. The van der Waals surface area contributed by atoms with E-state index < -0.39 is 12.1 Å². The maximum Gasteiger partial charge on any atom is 0.414 e. The molecular formula is C7H9F4N. The first kappa shape index (κ1) is 9.35. The Morgan fingerprint density at radius 1 is 1.17 bits per heavy atom. The lowest BCUT2D eigenvalue weighted by atomic mass is 10.4. The number of likely N-dealkylation sites (tertiary alicyclic amines) is 1. The topological polar surface area (TPSA) is 3.24 Å². The summed E-state index contributed by atoms with van der Waals surface area (Å²) in [7, 11) is 0. The number of allylic oxidation sites excluding steroid dienone is 1. The monoisotopic (exact) mass is 183 g/mol. The normalized spacial score (nSPS) is 20.3. The Labute approximate surface area is 67.7 Å². The molecular weight excluding hydrogens is 174 g/mol. The van der Waals surface area contributed by atoms with Crippen molar-refractivity contribution < 1.29 is 17.6 Å². The van der Waals surface area contributed by atoms with Gasteiger partial charge in [-0.1, -0.05) is 0 Å². The third kappa shape index (κ3) is 2.71. The molecule has 0 aromatic rings. The van der Waals surface area contributed by atoms with Gasteiger partial charge in [-0.2, -0.15) is 17.6 Å². The second-order valence-corrected chi connectivity index (χ2v) is 2.70. The lowest BCUT2D eigenvalue weighted by Gasteiger charge is -2.14. The van der Waals surface area contributed by atoms with E-state index in [2.05, 4.69) is 0 Å². The van der Waals surface area contributed by atoms with E-state index in [-0.39, 0.29) is 6.08 Å². The van der Waals surface area contributed by atoms with Crippen molar-refractivity contribution in [2.24, 2.45) is 0 Å². The molecule has 0 spiro atoms. The molecule has 0 aliphatic carbocycles. The van der Waals surface area contributed by atoms with Gasteiger partial charge >= 0.3 is 6.18 Å².